The smallest absolute Gasteiger partial charge is 0.191 e. The van der Waals surface area contributed by atoms with Crippen molar-refractivity contribution < 1.29 is 0 Å². The first-order valence-corrected chi connectivity index (χ1v) is 10.0. The predicted octanol–water partition coefficient (Wildman–Crippen LogP) is 3.50. The molecular weight excluding hydrogens is 445 g/mol. The number of pyridine rings is 1. The molecule has 7 heteroatoms. The summed E-state index contributed by atoms with van der Waals surface area (Å²) in [5.41, 5.74) is 1.20. The number of halogens is 1. The Morgan fingerprint density at radius 3 is 2.68 bits per heavy atom. The number of nitrogens with zero attached hydrogens (tertiary/aromatic N) is 3. The van der Waals surface area contributed by atoms with Crippen LogP contribution in [-0.2, 0) is 6.54 Å². The summed E-state index contributed by atoms with van der Waals surface area (Å²) in [4.78, 5) is 11.6. The minimum Gasteiger partial charge on any atom is -0.357 e. The van der Waals surface area contributed by atoms with Gasteiger partial charge >= 0.3 is 0 Å². The van der Waals surface area contributed by atoms with E-state index in [1.54, 1.807) is 0 Å². The first-order chi connectivity index (χ1) is 11.5. The second-order valence-electron chi connectivity index (χ2n) is 6.73. The molecule has 1 aliphatic rings. The maximum absolute atomic E-state index is 4.73. The molecule has 0 aromatic carbocycles. The van der Waals surface area contributed by atoms with Gasteiger partial charge in [-0.05, 0) is 57.6 Å². The number of rotatable bonds is 7. The van der Waals surface area contributed by atoms with E-state index in [1.165, 1.54) is 18.4 Å². The van der Waals surface area contributed by atoms with Crippen molar-refractivity contribution in [1.82, 2.24) is 15.6 Å². The van der Waals surface area contributed by atoms with Crippen LogP contribution in [0.5, 0.6) is 0 Å². The van der Waals surface area contributed by atoms with Crippen molar-refractivity contribution >= 4 is 47.5 Å². The van der Waals surface area contributed by atoms with E-state index in [2.05, 4.69) is 59.7 Å². The normalized spacial score (nSPS) is 15.0. The molecule has 0 atom stereocenters. The Morgan fingerprint density at radius 2 is 2.04 bits per heavy atom. The Balaban J connectivity index is 0.00000312. The molecule has 0 unspecified atom stereocenters. The quantitative estimate of drug-likeness (QED) is 0.358. The summed E-state index contributed by atoms with van der Waals surface area (Å²) in [6.07, 6.45) is 6.58. The molecule has 2 rings (SSSR count). The average Bonchev–Trinajstić information content (AvgIpc) is 3.12. The van der Waals surface area contributed by atoms with Crippen LogP contribution in [-0.4, -0.2) is 48.1 Å². The highest BCUT2D eigenvalue weighted by molar-refractivity contribution is 14.0. The van der Waals surface area contributed by atoms with Gasteiger partial charge in [0.1, 0.15) is 5.82 Å². The third-order valence-electron chi connectivity index (χ3n) is 4.24. The number of hydrogen-bond acceptors (Lipinski definition) is 4. The molecule has 1 aliphatic heterocycles. The molecular formula is C18H32IN5S. The lowest BCUT2D eigenvalue weighted by Gasteiger charge is -2.23. The molecule has 5 nitrogen and oxygen atoms in total. The van der Waals surface area contributed by atoms with Crippen LogP contribution in [0, 0.1) is 0 Å². The van der Waals surface area contributed by atoms with Gasteiger partial charge in [-0.3, -0.25) is 0 Å². The number of thioether (sulfide) groups is 1. The Hall–Kier alpha value is -0.700. The van der Waals surface area contributed by atoms with Crippen LogP contribution in [0.15, 0.2) is 23.3 Å². The van der Waals surface area contributed by atoms with Gasteiger partial charge in [0.2, 0.25) is 0 Å². The number of anilines is 1. The molecule has 2 N–H and O–H groups in total. The standard InChI is InChI=1S/C18H31N5S.HI/c1-5-19-17(22-14-18(2,3)24-4)21-13-15-8-9-20-16(12-15)23-10-6-7-11-23;/h8-9,12H,5-7,10-11,13-14H2,1-4H3,(H2,19,21,22);1H. The molecule has 142 valence electrons. The van der Waals surface area contributed by atoms with Gasteiger partial charge in [-0.1, -0.05) is 0 Å². The second-order valence-corrected chi connectivity index (χ2v) is 8.24. The van der Waals surface area contributed by atoms with Crippen molar-refractivity contribution in [3.05, 3.63) is 23.9 Å². The van der Waals surface area contributed by atoms with E-state index >= 15 is 0 Å². The van der Waals surface area contributed by atoms with Gasteiger partial charge in [-0.25, -0.2) is 9.98 Å². The summed E-state index contributed by atoms with van der Waals surface area (Å²) in [7, 11) is 0. The van der Waals surface area contributed by atoms with Crippen molar-refractivity contribution in [2.75, 3.05) is 37.3 Å². The summed E-state index contributed by atoms with van der Waals surface area (Å²) in [5.74, 6) is 1.96. The number of guanidine groups is 1. The lowest BCUT2D eigenvalue weighted by Crippen LogP contribution is -2.43. The van der Waals surface area contributed by atoms with Gasteiger partial charge in [0.15, 0.2) is 5.96 Å². The summed E-state index contributed by atoms with van der Waals surface area (Å²) >= 11 is 1.86. The molecule has 0 bridgehead atoms. The predicted molar refractivity (Wildman–Crippen MR) is 122 cm³/mol. The number of nitrogens with one attached hydrogen (secondary N) is 2. The molecule has 1 aromatic rings. The number of aliphatic imine (C=N–C) groups is 1. The van der Waals surface area contributed by atoms with E-state index in [0.29, 0.717) is 6.54 Å². The van der Waals surface area contributed by atoms with Crippen molar-refractivity contribution in [2.24, 2.45) is 4.99 Å². The highest BCUT2D eigenvalue weighted by Crippen LogP contribution is 2.20. The highest BCUT2D eigenvalue weighted by Gasteiger charge is 2.16. The Bertz CT molecular complexity index is 544. The van der Waals surface area contributed by atoms with Crippen molar-refractivity contribution in [2.45, 2.75) is 44.9 Å². The second kappa shape index (κ2) is 11.1. The van der Waals surface area contributed by atoms with Crippen LogP contribution in [0.1, 0.15) is 39.2 Å². The van der Waals surface area contributed by atoms with E-state index in [0.717, 1.165) is 38.0 Å². The molecule has 2 heterocycles. The zero-order valence-electron chi connectivity index (χ0n) is 15.8. The lowest BCUT2D eigenvalue weighted by atomic mass is 10.2. The van der Waals surface area contributed by atoms with Crippen molar-refractivity contribution in [3.63, 3.8) is 0 Å². The zero-order valence-corrected chi connectivity index (χ0v) is 19.0. The third-order valence-corrected chi connectivity index (χ3v) is 5.49. The minimum atomic E-state index is 0. The molecule has 0 amide bonds. The van der Waals surface area contributed by atoms with Crippen LogP contribution in [0.25, 0.3) is 0 Å². The topological polar surface area (TPSA) is 52.6 Å². The van der Waals surface area contributed by atoms with Crippen LogP contribution >= 0.6 is 35.7 Å². The molecule has 1 saturated heterocycles. The lowest BCUT2D eigenvalue weighted by molar-refractivity contribution is 0.665. The highest BCUT2D eigenvalue weighted by atomic mass is 127. The van der Waals surface area contributed by atoms with Gasteiger partial charge in [-0.2, -0.15) is 11.8 Å². The molecule has 0 spiro atoms. The average molecular weight is 477 g/mol. The molecule has 1 aromatic heterocycles. The maximum atomic E-state index is 4.73. The van der Waals surface area contributed by atoms with E-state index in [9.17, 15) is 0 Å². The van der Waals surface area contributed by atoms with Gasteiger partial charge in [0.25, 0.3) is 0 Å². The summed E-state index contributed by atoms with van der Waals surface area (Å²) in [6.45, 7) is 11.2. The van der Waals surface area contributed by atoms with Gasteiger partial charge in [0.05, 0.1) is 6.54 Å². The summed E-state index contributed by atoms with van der Waals surface area (Å²) in [6, 6.07) is 4.22. The third kappa shape index (κ3) is 7.60. The van der Waals surface area contributed by atoms with E-state index < -0.39 is 0 Å². The van der Waals surface area contributed by atoms with E-state index in [-0.39, 0.29) is 28.7 Å². The number of hydrogen-bond donors (Lipinski definition) is 2. The first kappa shape index (κ1) is 22.3. The first-order valence-electron chi connectivity index (χ1n) is 8.81. The largest absolute Gasteiger partial charge is 0.357 e. The fourth-order valence-corrected chi connectivity index (χ4v) is 2.78. The van der Waals surface area contributed by atoms with Crippen LogP contribution < -0.4 is 15.5 Å². The van der Waals surface area contributed by atoms with Gasteiger partial charge in [-0.15, -0.1) is 24.0 Å². The van der Waals surface area contributed by atoms with Crippen molar-refractivity contribution in [3.8, 4) is 0 Å². The van der Waals surface area contributed by atoms with E-state index in [4.69, 9.17) is 4.99 Å². The molecule has 1 fully saturated rings. The SMILES string of the molecule is CCNC(=NCc1ccnc(N2CCCC2)c1)NCC(C)(C)SC.I. The molecule has 0 aliphatic carbocycles. The fourth-order valence-electron chi connectivity index (χ4n) is 2.56. The fraction of sp³-hybridized carbons (Fsp3) is 0.667. The minimum absolute atomic E-state index is 0. The Labute approximate surface area is 173 Å². The Kier molecular flexibility index (Phi) is 9.92. The number of aromatic nitrogens is 1. The molecule has 0 saturated carbocycles. The maximum Gasteiger partial charge on any atom is 0.191 e. The van der Waals surface area contributed by atoms with E-state index in [1.807, 2.05) is 18.0 Å². The molecule has 0 radical (unpaired) electrons. The van der Waals surface area contributed by atoms with Gasteiger partial charge < -0.3 is 15.5 Å². The Morgan fingerprint density at radius 1 is 1.32 bits per heavy atom. The van der Waals surface area contributed by atoms with Crippen LogP contribution in [0.4, 0.5) is 5.82 Å². The summed E-state index contributed by atoms with van der Waals surface area (Å²) in [5, 5.41) is 6.77. The summed E-state index contributed by atoms with van der Waals surface area (Å²) < 4.78 is 0.190. The van der Waals surface area contributed by atoms with Crippen LogP contribution in [0.2, 0.25) is 0 Å². The van der Waals surface area contributed by atoms with Crippen molar-refractivity contribution in [1.29, 1.82) is 0 Å². The molecule has 25 heavy (non-hydrogen) atoms. The monoisotopic (exact) mass is 477 g/mol. The zero-order chi connectivity index (χ0) is 17.4. The van der Waals surface area contributed by atoms with Crippen LogP contribution in [0.3, 0.4) is 0 Å². The van der Waals surface area contributed by atoms with Gasteiger partial charge in [0, 0.05) is 37.1 Å².